The van der Waals surface area contributed by atoms with Crippen molar-refractivity contribution in [2.24, 2.45) is 0 Å². The summed E-state index contributed by atoms with van der Waals surface area (Å²) in [7, 11) is 3.18. The third kappa shape index (κ3) is 2.83. The number of ether oxygens (including phenoxy) is 2. The Kier molecular flexibility index (Phi) is 3.89. The summed E-state index contributed by atoms with van der Waals surface area (Å²) in [5.41, 5.74) is 9.11. The number of hydrogen-bond donors (Lipinski definition) is 1. The first-order valence-electron chi connectivity index (χ1n) is 7.05. The van der Waals surface area contributed by atoms with Gasteiger partial charge in [-0.05, 0) is 30.7 Å². The predicted molar refractivity (Wildman–Crippen MR) is 87.4 cm³/mol. The molecule has 0 aliphatic rings. The number of nitrogens with zero attached hydrogens (tertiary/aromatic N) is 2. The summed E-state index contributed by atoms with van der Waals surface area (Å²) in [6.45, 7) is 1.93. The van der Waals surface area contributed by atoms with Crippen molar-refractivity contribution >= 4 is 5.69 Å². The average molecular weight is 311 g/mol. The molecule has 0 radical (unpaired) electrons. The van der Waals surface area contributed by atoms with Crippen molar-refractivity contribution in [2.75, 3.05) is 20.0 Å². The first-order chi connectivity index (χ1) is 11.1. The highest BCUT2D eigenvalue weighted by molar-refractivity contribution is 5.69. The monoisotopic (exact) mass is 311 g/mol. The summed E-state index contributed by atoms with van der Waals surface area (Å²) >= 11 is 0. The Morgan fingerprint density at radius 3 is 2.39 bits per heavy atom. The molecule has 6 nitrogen and oxygen atoms in total. The Morgan fingerprint density at radius 1 is 1.04 bits per heavy atom. The minimum atomic E-state index is 0.388. The number of nitrogen functional groups attached to an aromatic ring is 1. The molecule has 0 saturated carbocycles. The second-order valence-electron chi connectivity index (χ2n) is 5.04. The van der Waals surface area contributed by atoms with Gasteiger partial charge in [0, 0.05) is 22.9 Å². The van der Waals surface area contributed by atoms with Crippen molar-refractivity contribution in [1.82, 2.24) is 10.1 Å². The molecule has 0 spiro atoms. The van der Waals surface area contributed by atoms with Crippen LogP contribution < -0.4 is 15.2 Å². The highest BCUT2D eigenvalue weighted by atomic mass is 16.5. The van der Waals surface area contributed by atoms with Crippen LogP contribution >= 0.6 is 0 Å². The quantitative estimate of drug-likeness (QED) is 0.744. The zero-order valence-corrected chi connectivity index (χ0v) is 13.2. The van der Waals surface area contributed by atoms with Gasteiger partial charge in [0.25, 0.3) is 5.89 Å². The second kappa shape index (κ2) is 6.00. The Hall–Kier alpha value is -3.02. The SMILES string of the molecule is COc1cc(OC)cc(-c2nc(-c3cccc(N)c3C)no2)c1. The van der Waals surface area contributed by atoms with Crippen LogP contribution in [0.3, 0.4) is 0 Å². The summed E-state index contributed by atoms with van der Waals surface area (Å²) in [6, 6.07) is 11.0. The van der Waals surface area contributed by atoms with E-state index in [1.54, 1.807) is 20.3 Å². The maximum absolute atomic E-state index is 5.93. The Labute approximate surface area is 133 Å². The molecule has 2 aromatic carbocycles. The van der Waals surface area contributed by atoms with Crippen molar-refractivity contribution < 1.29 is 14.0 Å². The van der Waals surface area contributed by atoms with Gasteiger partial charge in [-0.2, -0.15) is 4.98 Å². The minimum absolute atomic E-state index is 0.388. The van der Waals surface area contributed by atoms with Crippen LogP contribution in [0.5, 0.6) is 11.5 Å². The second-order valence-corrected chi connectivity index (χ2v) is 5.04. The summed E-state index contributed by atoms with van der Waals surface area (Å²) in [6.07, 6.45) is 0. The summed E-state index contributed by atoms with van der Waals surface area (Å²) in [4.78, 5) is 4.46. The van der Waals surface area contributed by atoms with Crippen LogP contribution in [0.4, 0.5) is 5.69 Å². The van der Waals surface area contributed by atoms with Gasteiger partial charge in [0.05, 0.1) is 14.2 Å². The standard InChI is InChI=1S/C17H17N3O3/c1-10-14(5-4-6-15(10)18)16-19-17(23-20-16)11-7-12(21-2)9-13(8-11)22-3/h4-9H,18H2,1-3H3. The zero-order valence-electron chi connectivity index (χ0n) is 13.2. The minimum Gasteiger partial charge on any atom is -0.497 e. The van der Waals surface area contributed by atoms with Crippen LogP contribution in [-0.4, -0.2) is 24.4 Å². The molecule has 0 aliphatic carbocycles. The smallest absolute Gasteiger partial charge is 0.258 e. The molecular weight excluding hydrogens is 294 g/mol. The van der Waals surface area contributed by atoms with Gasteiger partial charge < -0.3 is 19.7 Å². The Bertz CT molecular complexity index is 821. The van der Waals surface area contributed by atoms with E-state index in [0.717, 1.165) is 16.7 Å². The maximum Gasteiger partial charge on any atom is 0.258 e. The van der Waals surface area contributed by atoms with Crippen LogP contribution in [0.2, 0.25) is 0 Å². The maximum atomic E-state index is 5.93. The van der Waals surface area contributed by atoms with E-state index < -0.39 is 0 Å². The van der Waals surface area contributed by atoms with Gasteiger partial charge in [-0.25, -0.2) is 0 Å². The summed E-state index contributed by atoms with van der Waals surface area (Å²) in [5.74, 6) is 2.18. The van der Waals surface area contributed by atoms with E-state index >= 15 is 0 Å². The Morgan fingerprint density at radius 2 is 1.74 bits per heavy atom. The number of anilines is 1. The van der Waals surface area contributed by atoms with Crippen LogP contribution in [0, 0.1) is 6.92 Å². The Balaban J connectivity index is 2.04. The number of aromatic nitrogens is 2. The van der Waals surface area contributed by atoms with Crippen molar-refractivity contribution in [2.45, 2.75) is 6.92 Å². The molecule has 1 aromatic heterocycles. The lowest BCUT2D eigenvalue weighted by Gasteiger charge is -2.05. The van der Waals surface area contributed by atoms with Gasteiger partial charge in [0.15, 0.2) is 0 Å². The molecule has 118 valence electrons. The van der Waals surface area contributed by atoms with Crippen LogP contribution in [0.25, 0.3) is 22.8 Å². The van der Waals surface area contributed by atoms with E-state index in [4.69, 9.17) is 19.7 Å². The molecule has 0 amide bonds. The van der Waals surface area contributed by atoms with Crippen molar-refractivity contribution in [3.63, 3.8) is 0 Å². The van der Waals surface area contributed by atoms with Gasteiger partial charge in [0.2, 0.25) is 5.82 Å². The van der Waals surface area contributed by atoms with Crippen molar-refractivity contribution in [3.8, 4) is 34.3 Å². The number of benzene rings is 2. The highest BCUT2D eigenvalue weighted by Crippen LogP contribution is 2.31. The zero-order chi connectivity index (χ0) is 16.4. The van der Waals surface area contributed by atoms with E-state index in [1.165, 1.54) is 0 Å². The molecule has 0 unspecified atom stereocenters. The molecule has 1 heterocycles. The predicted octanol–water partition coefficient (Wildman–Crippen LogP) is 3.31. The highest BCUT2D eigenvalue weighted by Gasteiger charge is 2.15. The van der Waals surface area contributed by atoms with Gasteiger partial charge >= 0.3 is 0 Å². The normalized spacial score (nSPS) is 10.6. The molecule has 3 aromatic rings. The lowest BCUT2D eigenvalue weighted by Crippen LogP contribution is -1.93. The number of hydrogen-bond acceptors (Lipinski definition) is 6. The van der Waals surface area contributed by atoms with Crippen molar-refractivity contribution in [1.29, 1.82) is 0 Å². The number of nitrogens with two attached hydrogens (primary N) is 1. The van der Waals surface area contributed by atoms with Crippen LogP contribution in [0.15, 0.2) is 40.9 Å². The largest absolute Gasteiger partial charge is 0.497 e. The fraction of sp³-hybridized carbons (Fsp3) is 0.176. The molecule has 23 heavy (non-hydrogen) atoms. The summed E-state index contributed by atoms with van der Waals surface area (Å²) in [5, 5.41) is 4.05. The van der Waals surface area contributed by atoms with Gasteiger partial charge in [-0.3, -0.25) is 0 Å². The molecule has 0 atom stereocenters. The van der Waals surface area contributed by atoms with E-state index in [9.17, 15) is 0 Å². The third-order valence-corrected chi connectivity index (χ3v) is 3.64. The lowest BCUT2D eigenvalue weighted by molar-refractivity contribution is 0.393. The van der Waals surface area contributed by atoms with E-state index in [1.807, 2.05) is 37.3 Å². The number of rotatable bonds is 4. The molecule has 0 saturated heterocycles. The fourth-order valence-electron chi connectivity index (χ4n) is 2.28. The van der Waals surface area contributed by atoms with Crippen molar-refractivity contribution in [3.05, 3.63) is 42.0 Å². The average Bonchev–Trinajstić information content (AvgIpc) is 3.06. The molecule has 0 aliphatic heterocycles. The molecule has 0 bridgehead atoms. The first-order valence-corrected chi connectivity index (χ1v) is 7.05. The van der Waals surface area contributed by atoms with Crippen LogP contribution in [-0.2, 0) is 0 Å². The third-order valence-electron chi connectivity index (χ3n) is 3.64. The number of methoxy groups -OCH3 is 2. The molecule has 6 heteroatoms. The van der Waals surface area contributed by atoms with E-state index in [2.05, 4.69) is 10.1 Å². The van der Waals surface area contributed by atoms with Gasteiger partial charge in [-0.15, -0.1) is 0 Å². The molecular formula is C17H17N3O3. The van der Waals surface area contributed by atoms with E-state index in [0.29, 0.717) is 28.9 Å². The van der Waals surface area contributed by atoms with Gasteiger partial charge in [-0.1, -0.05) is 17.3 Å². The first kappa shape index (κ1) is 14.9. The summed E-state index contributed by atoms with van der Waals surface area (Å²) < 4.78 is 15.9. The van der Waals surface area contributed by atoms with Crippen LogP contribution in [0.1, 0.15) is 5.56 Å². The molecule has 2 N–H and O–H groups in total. The van der Waals surface area contributed by atoms with E-state index in [-0.39, 0.29) is 0 Å². The fourth-order valence-corrected chi connectivity index (χ4v) is 2.28. The molecule has 0 fully saturated rings. The lowest BCUT2D eigenvalue weighted by atomic mass is 10.1. The van der Waals surface area contributed by atoms with Gasteiger partial charge in [0.1, 0.15) is 11.5 Å². The topological polar surface area (TPSA) is 83.4 Å². The molecule has 3 rings (SSSR count).